The topological polar surface area (TPSA) is 0 Å². The van der Waals surface area contributed by atoms with Crippen LogP contribution in [0.15, 0.2) is 30.4 Å². The molecule has 0 unspecified atom stereocenters. The van der Waals surface area contributed by atoms with Crippen molar-refractivity contribution in [2.45, 2.75) is 44.2 Å². The quantitative estimate of drug-likeness (QED) is 0.493. The van der Waals surface area contributed by atoms with Crippen LogP contribution in [0.25, 0.3) is 0 Å². The van der Waals surface area contributed by atoms with E-state index in [2.05, 4.69) is 0 Å². The molecule has 0 spiro atoms. The average Bonchev–Trinajstić information content (AvgIpc) is 2.41. The number of hydrogen-bond acceptors (Lipinski definition) is 0. The molecule has 1 aliphatic carbocycles. The number of benzene rings is 1. The SMILES string of the molecule is Fc1ccc([C@H]2CC[C@H](/C=C/CC(F)(F)F)CC2)cc1F. The van der Waals surface area contributed by atoms with E-state index in [0.717, 1.165) is 37.3 Å². The lowest BCUT2D eigenvalue weighted by Gasteiger charge is -2.27. The first-order chi connectivity index (χ1) is 9.85. The molecule has 0 nitrogen and oxygen atoms in total. The maximum atomic E-state index is 13.2. The predicted molar refractivity (Wildman–Crippen MR) is 70.9 cm³/mol. The molecule has 0 saturated heterocycles. The molecule has 0 aliphatic heterocycles. The van der Waals surface area contributed by atoms with Crippen LogP contribution in [-0.2, 0) is 0 Å². The van der Waals surface area contributed by atoms with E-state index in [4.69, 9.17) is 0 Å². The second-order valence-corrected chi connectivity index (χ2v) is 5.53. The van der Waals surface area contributed by atoms with Crippen molar-refractivity contribution in [3.05, 3.63) is 47.5 Å². The minimum absolute atomic E-state index is 0.147. The maximum absolute atomic E-state index is 13.2. The number of hydrogen-bond donors (Lipinski definition) is 0. The van der Waals surface area contributed by atoms with E-state index in [-0.39, 0.29) is 11.8 Å². The third-order valence-corrected chi connectivity index (χ3v) is 3.94. The molecule has 0 heterocycles. The lowest BCUT2D eigenvalue weighted by molar-refractivity contribution is -0.125. The second-order valence-electron chi connectivity index (χ2n) is 5.53. The zero-order chi connectivity index (χ0) is 15.5. The van der Waals surface area contributed by atoms with Crippen LogP contribution in [0.3, 0.4) is 0 Å². The molecule has 116 valence electrons. The van der Waals surface area contributed by atoms with Crippen LogP contribution in [-0.4, -0.2) is 6.18 Å². The third kappa shape index (κ3) is 4.83. The summed E-state index contributed by atoms with van der Waals surface area (Å²) in [6, 6.07) is 3.93. The molecule has 0 N–H and O–H groups in total. The highest BCUT2D eigenvalue weighted by Crippen LogP contribution is 2.37. The van der Waals surface area contributed by atoms with Gasteiger partial charge in [0.25, 0.3) is 0 Å². The summed E-state index contributed by atoms with van der Waals surface area (Å²) in [5, 5.41) is 0. The number of halogens is 5. The van der Waals surface area contributed by atoms with Crippen LogP contribution >= 0.6 is 0 Å². The zero-order valence-corrected chi connectivity index (χ0v) is 11.5. The van der Waals surface area contributed by atoms with Gasteiger partial charge in [0.2, 0.25) is 0 Å². The standard InChI is InChI=1S/C16H17F5/c17-14-8-7-13(10-15(14)18)12-5-3-11(4-6-12)2-1-9-16(19,20)21/h1-2,7-8,10-12H,3-6,9H2/b2-1+/t11-,12-. The fourth-order valence-electron chi connectivity index (χ4n) is 2.81. The van der Waals surface area contributed by atoms with Gasteiger partial charge in [0.05, 0.1) is 6.42 Å². The summed E-state index contributed by atoms with van der Waals surface area (Å²) in [5.41, 5.74) is 0.770. The van der Waals surface area contributed by atoms with Gasteiger partial charge in [-0.25, -0.2) is 8.78 Å². The Balaban J connectivity index is 1.87. The van der Waals surface area contributed by atoms with Gasteiger partial charge in [-0.2, -0.15) is 13.2 Å². The first-order valence-corrected chi connectivity index (χ1v) is 7.03. The van der Waals surface area contributed by atoms with Crippen molar-refractivity contribution < 1.29 is 22.0 Å². The number of alkyl halides is 3. The molecule has 1 aromatic carbocycles. The first kappa shape index (κ1) is 16.0. The highest BCUT2D eigenvalue weighted by atomic mass is 19.4. The summed E-state index contributed by atoms with van der Waals surface area (Å²) >= 11 is 0. The van der Waals surface area contributed by atoms with Crippen LogP contribution < -0.4 is 0 Å². The van der Waals surface area contributed by atoms with E-state index in [9.17, 15) is 22.0 Å². The van der Waals surface area contributed by atoms with E-state index in [1.165, 1.54) is 12.1 Å². The Bertz CT molecular complexity index is 496. The van der Waals surface area contributed by atoms with Gasteiger partial charge in [0.15, 0.2) is 11.6 Å². The zero-order valence-electron chi connectivity index (χ0n) is 11.5. The first-order valence-electron chi connectivity index (χ1n) is 7.03. The molecule has 1 saturated carbocycles. The molecular formula is C16H17F5. The van der Waals surface area contributed by atoms with E-state index in [1.807, 2.05) is 0 Å². The van der Waals surface area contributed by atoms with Crippen molar-refractivity contribution in [1.82, 2.24) is 0 Å². The van der Waals surface area contributed by atoms with Gasteiger partial charge >= 0.3 is 6.18 Å². The van der Waals surface area contributed by atoms with Crippen molar-refractivity contribution >= 4 is 0 Å². The van der Waals surface area contributed by atoms with Gasteiger partial charge in [-0.05, 0) is 55.2 Å². The smallest absolute Gasteiger partial charge is 0.204 e. The Morgan fingerprint density at radius 3 is 2.24 bits per heavy atom. The van der Waals surface area contributed by atoms with Gasteiger partial charge in [-0.1, -0.05) is 18.2 Å². The van der Waals surface area contributed by atoms with Crippen LogP contribution in [0.1, 0.15) is 43.6 Å². The number of allylic oxidation sites excluding steroid dienone is 2. The summed E-state index contributed by atoms with van der Waals surface area (Å²) in [7, 11) is 0. The maximum Gasteiger partial charge on any atom is 0.392 e. The van der Waals surface area contributed by atoms with E-state index >= 15 is 0 Å². The van der Waals surface area contributed by atoms with E-state index in [1.54, 1.807) is 12.1 Å². The molecule has 0 aromatic heterocycles. The van der Waals surface area contributed by atoms with Crippen molar-refractivity contribution in [3.8, 4) is 0 Å². The van der Waals surface area contributed by atoms with Gasteiger partial charge in [-0.3, -0.25) is 0 Å². The third-order valence-electron chi connectivity index (χ3n) is 3.94. The van der Waals surface area contributed by atoms with Gasteiger partial charge in [-0.15, -0.1) is 0 Å². The second kappa shape index (κ2) is 6.58. The molecule has 1 fully saturated rings. The Morgan fingerprint density at radius 2 is 1.67 bits per heavy atom. The molecule has 0 amide bonds. The molecule has 21 heavy (non-hydrogen) atoms. The van der Waals surface area contributed by atoms with Crippen molar-refractivity contribution in [2.24, 2.45) is 5.92 Å². The number of rotatable bonds is 3. The highest BCUT2D eigenvalue weighted by molar-refractivity contribution is 5.22. The monoisotopic (exact) mass is 304 g/mol. The molecule has 2 rings (SSSR count). The summed E-state index contributed by atoms with van der Waals surface area (Å²) < 4.78 is 62.2. The van der Waals surface area contributed by atoms with Crippen LogP contribution in [0.4, 0.5) is 22.0 Å². The lowest BCUT2D eigenvalue weighted by atomic mass is 9.78. The van der Waals surface area contributed by atoms with Crippen molar-refractivity contribution in [2.75, 3.05) is 0 Å². The van der Waals surface area contributed by atoms with Gasteiger partial charge in [0.1, 0.15) is 0 Å². The molecule has 5 heteroatoms. The Kier molecular flexibility index (Phi) is 5.01. The fourth-order valence-corrected chi connectivity index (χ4v) is 2.81. The Labute approximate surface area is 120 Å². The molecule has 1 aliphatic rings. The molecule has 0 radical (unpaired) electrons. The van der Waals surface area contributed by atoms with Gasteiger partial charge in [0, 0.05) is 0 Å². The van der Waals surface area contributed by atoms with E-state index in [0.29, 0.717) is 0 Å². The summed E-state index contributed by atoms with van der Waals surface area (Å²) in [5.74, 6) is -1.40. The normalized spacial score (nSPS) is 23.7. The Morgan fingerprint density at radius 1 is 1.00 bits per heavy atom. The average molecular weight is 304 g/mol. The van der Waals surface area contributed by atoms with Crippen molar-refractivity contribution in [3.63, 3.8) is 0 Å². The summed E-state index contributed by atoms with van der Waals surface area (Å²) in [6.45, 7) is 0. The van der Waals surface area contributed by atoms with Crippen LogP contribution in [0, 0.1) is 17.6 Å². The lowest BCUT2D eigenvalue weighted by Crippen LogP contribution is -2.12. The highest BCUT2D eigenvalue weighted by Gasteiger charge is 2.25. The minimum atomic E-state index is -4.15. The fraction of sp³-hybridized carbons (Fsp3) is 0.500. The molecule has 0 atom stereocenters. The molecule has 1 aromatic rings. The van der Waals surface area contributed by atoms with Crippen LogP contribution in [0.2, 0.25) is 0 Å². The van der Waals surface area contributed by atoms with Crippen LogP contribution in [0.5, 0.6) is 0 Å². The Hall–Kier alpha value is -1.39. The van der Waals surface area contributed by atoms with Gasteiger partial charge < -0.3 is 0 Å². The minimum Gasteiger partial charge on any atom is -0.204 e. The summed E-state index contributed by atoms with van der Waals surface area (Å²) in [6.07, 6.45) is 0.890. The van der Waals surface area contributed by atoms with E-state index < -0.39 is 24.2 Å². The molecular weight excluding hydrogens is 287 g/mol. The van der Waals surface area contributed by atoms with Crippen molar-refractivity contribution in [1.29, 1.82) is 0 Å². The molecule has 0 bridgehead atoms. The summed E-state index contributed by atoms with van der Waals surface area (Å²) in [4.78, 5) is 0. The largest absolute Gasteiger partial charge is 0.392 e. The predicted octanol–water partition coefficient (Wildman–Crippen LogP) is 5.75.